The van der Waals surface area contributed by atoms with E-state index in [0.717, 1.165) is 17.2 Å². The summed E-state index contributed by atoms with van der Waals surface area (Å²) < 4.78 is 56.6. The predicted molar refractivity (Wildman–Crippen MR) is 96.0 cm³/mol. The zero-order valence-corrected chi connectivity index (χ0v) is 15.1. The number of alkyl halides is 3. The largest absolute Gasteiger partial charge is 0.489 e. The number of benzene rings is 2. The van der Waals surface area contributed by atoms with Crippen molar-refractivity contribution >= 4 is 0 Å². The van der Waals surface area contributed by atoms with Crippen LogP contribution in [0.15, 0.2) is 54.6 Å². The highest BCUT2D eigenvalue weighted by molar-refractivity contribution is 5.28. The number of ether oxygens (including phenoxy) is 1. The molecule has 0 bridgehead atoms. The summed E-state index contributed by atoms with van der Waals surface area (Å²) in [6, 6.07) is 14.2. The second-order valence-corrected chi connectivity index (χ2v) is 6.37. The third-order valence-electron chi connectivity index (χ3n) is 4.18. The van der Waals surface area contributed by atoms with Crippen LogP contribution < -0.4 is 10.1 Å². The van der Waals surface area contributed by atoms with Gasteiger partial charge in [-0.2, -0.15) is 18.3 Å². The van der Waals surface area contributed by atoms with Gasteiger partial charge in [0.15, 0.2) is 5.69 Å². The van der Waals surface area contributed by atoms with Gasteiger partial charge in [-0.05, 0) is 48.4 Å². The van der Waals surface area contributed by atoms with E-state index in [2.05, 4.69) is 15.5 Å². The smallest absolute Gasteiger partial charge is 0.435 e. The summed E-state index contributed by atoms with van der Waals surface area (Å²) in [6.45, 7) is 2.48. The molecule has 1 aromatic heterocycles. The number of halogens is 4. The van der Waals surface area contributed by atoms with Crippen LogP contribution in [0.5, 0.6) is 5.75 Å². The fourth-order valence-corrected chi connectivity index (χ4v) is 2.58. The second kappa shape index (κ2) is 8.43. The number of rotatable bonds is 7. The quantitative estimate of drug-likeness (QED) is 0.556. The van der Waals surface area contributed by atoms with Crippen molar-refractivity contribution in [2.75, 3.05) is 0 Å². The Labute approximate surface area is 159 Å². The molecular formula is C20H19F4N3O. The summed E-state index contributed by atoms with van der Waals surface area (Å²) in [7, 11) is 0. The lowest BCUT2D eigenvalue weighted by molar-refractivity contribution is -0.141. The minimum Gasteiger partial charge on any atom is -0.489 e. The molecule has 0 spiro atoms. The second-order valence-electron chi connectivity index (χ2n) is 6.37. The standard InChI is InChI=1S/C20H19F4N3O/c1-13(18-10-19(27-26-18)20(22,23)24)25-11-14-5-7-17(8-6-14)28-12-15-3-2-4-16(21)9-15/h2-10,13,25H,11-12H2,1H3,(H,26,27). The molecule has 28 heavy (non-hydrogen) atoms. The number of hydrogen-bond acceptors (Lipinski definition) is 3. The van der Waals surface area contributed by atoms with Crippen LogP contribution >= 0.6 is 0 Å². The van der Waals surface area contributed by atoms with Gasteiger partial charge in [-0.1, -0.05) is 24.3 Å². The van der Waals surface area contributed by atoms with Crippen molar-refractivity contribution in [3.8, 4) is 5.75 Å². The minimum absolute atomic E-state index is 0.258. The van der Waals surface area contributed by atoms with E-state index in [-0.39, 0.29) is 18.5 Å². The Morgan fingerprint density at radius 1 is 1.07 bits per heavy atom. The van der Waals surface area contributed by atoms with Crippen molar-refractivity contribution in [1.29, 1.82) is 0 Å². The van der Waals surface area contributed by atoms with E-state index >= 15 is 0 Å². The van der Waals surface area contributed by atoms with Gasteiger partial charge in [-0.25, -0.2) is 4.39 Å². The van der Waals surface area contributed by atoms with E-state index in [4.69, 9.17) is 4.74 Å². The van der Waals surface area contributed by atoms with Gasteiger partial charge in [0.05, 0.1) is 5.69 Å². The van der Waals surface area contributed by atoms with Crippen molar-refractivity contribution in [3.05, 3.63) is 82.9 Å². The highest BCUT2D eigenvalue weighted by atomic mass is 19.4. The van der Waals surface area contributed by atoms with Crippen molar-refractivity contribution < 1.29 is 22.3 Å². The molecule has 8 heteroatoms. The van der Waals surface area contributed by atoms with Crippen molar-refractivity contribution in [2.24, 2.45) is 0 Å². The number of nitrogens with one attached hydrogen (secondary N) is 2. The van der Waals surface area contributed by atoms with Crippen LogP contribution in [-0.2, 0) is 19.3 Å². The molecule has 0 aliphatic rings. The highest BCUT2D eigenvalue weighted by Gasteiger charge is 2.34. The molecule has 2 aromatic carbocycles. The van der Waals surface area contributed by atoms with E-state index in [1.165, 1.54) is 12.1 Å². The molecule has 1 atom stereocenters. The molecule has 3 rings (SSSR count). The first-order valence-electron chi connectivity index (χ1n) is 8.63. The number of hydrogen-bond donors (Lipinski definition) is 2. The number of nitrogens with zero attached hydrogens (tertiary/aromatic N) is 1. The maximum Gasteiger partial charge on any atom is 0.435 e. The average molecular weight is 393 g/mol. The fraction of sp³-hybridized carbons (Fsp3) is 0.250. The van der Waals surface area contributed by atoms with Crippen LogP contribution in [0.1, 0.15) is 35.5 Å². The number of aromatic amines is 1. The van der Waals surface area contributed by atoms with Crippen molar-refractivity contribution in [3.63, 3.8) is 0 Å². The Balaban J connectivity index is 1.50. The topological polar surface area (TPSA) is 49.9 Å². The van der Waals surface area contributed by atoms with Gasteiger partial charge in [0, 0.05) is 12.6 Å². The maximum absolute atomic E-state index is 13.2. The molecule has 0 saturated carbocycles. The first kappa shape index (κ1) is 19.9. The molecule has 0 aliphatic heterocycles. The van der Waals surface area contributed by atoms with Crippen LogP contribution in [0.3, 0.4) is 0 Å². The Morgan fingerprint density at radius 2 is 1.82 bits per heavy atom. The summed E-state index contributed by atoms with van der Waals surface area (Å²) >= 11 is 0. The van der Waals surface area contributed by atoms with Crippen molar-refractivity contribution in [1.82, 2.24) is 15.5 Å². The highest BCUT2D eigenvalue weighted by Crippen LogP contribution is 2.28. The molecule has 3 aromatic rings. The molecule has 0 amide bonds. The number of aromatic nitrogens is 2. The SMILES string of the molecule is CC(NCc1ccc(OCc2cccc(F)c2)cc1)c1cc(C(F)(F)F)n[nH]1. The minimum atomic E-state index is -4.46. The average Bonchev–Trinajstić information content (AvgIpc) is 3.16. The lowest BCUT2D eigenvalue weighted by atomic mass is 10.1. The summed E-state index contributed by atoms with van der Waals surface area (Å²) in [4.78, 5) is 0. The first-order chi connectivity index (χ1) is 13.3. The van der Waals surface area contributed by atoms with Crippen LogP contribution in [0, 0.1) is 5.82 Å². The van der Waals surface area contributed by atoms with Gasteiger partial charge in [-0.15, -0.1) is 0 Å². The summed E-state index contributed by atoms with van der Waals surface area (Å²) in [5, 5.41) is 8.85. The molecule has 0 radical (unpaired) electrons. The number of H-pyrrole nitrogens is 1. The Morgan fingerprint density at radius 3 is 2.46 bits per heavy atom. The first-order valence-corrected chi connectivity index (χ1v) is 8.63. The molecule has 1 heterocycles. The molecule has 2 N–H and O–H groups in total. The van der Waals surface area contributed by atoms with Gasteiger partial charge in [-0.3, -0.25) is 5.10 Å². The molecule has 148 valence electrons. The van der Waals surface area contributed by atoms with Gasteiger partial charge in [0.1, 0.15) is 18.2 Å². The Hall–Kier alpha value is -2.87. The summed E-state index contributed by atoms with van der Waals surface area (Å²) in [5.41, 5.74) is 1.11. The molecular weight excluding hydrogens is 374 g/mol. The van der Waals surface area contributed by atoms with Gasteiger partial charge in [0.25, 0.3) is 0 Å². The van der Waals surface area contributed by atoms with Crippen LogP contribution in [-0.4, -0.2) is 10.2 Å². The molecule has 0 saturated heterocycles. The van der Waals surface area contributed by atoms with Crippen molar-refractivity contribution in [2.45, 2.75) is 32.3 Å². The van der Waals surface area contributed by atoms with Gasteiger partial charge >= 0.3 is 6.18 Å². The lowest BCUT2D eigenvalue weighted by Gasteiger charge is -2.12. The monoisotopic (exact) mass is 393 g/mol. The van der Waals surface area contributed by atoms with E-state index in [1.54, 1.807) is 31.2 Å². The molecule has 0 aliphatic carbocycles. The van der Waals surface area contributed by atoms with Gasteiger partial charge < -0.3 is 10.1 Å². The third kappa shape index (κ3) is 5.32. The van der Waals surface area contributed by atoms with E-state index in [9.17, 15) is 17.6 Å². The predicted octanol–water partition coefficient (Wildman–Crippen LogP) is 5.00. The Kier molecular flexibility index (Phi) is 5.99. The van der Waals surface area contributed by atoms with Gasteiger partial charge in [0.2, 0.25) is 0 Å². The Bertz CT molecular complexity index is 906. The molecule has 0 fully saturated rings. The van der Waals surface area contributed by atoms with Crippen LogP contribution in [0.2, 0.25) is 0 Å². The summed E-state index contributed by atoms with van der Waals surface area (Å²) in [6.07, 6.45) is -4.46. The van der Waals surface area contributed by atoms with E-state index in [1.807, 2.05) is 12.1 Å². The molecule has 1 unspecified atom stereocenters. The van der Waals surface area contributed by atoms with Crippen LogP contribution in [0.4, 0.5) is 17.6 Å². The van der Waals surface area contributed by atoms with E-state index < -0.39 is 11.9 Å². The normalized spacial score (nSPS) is 12.8. The van der Waals surface area contributed by atoms with E-state index in [0.29, 0.717) is 18.0 Å². The maximum atomic E-state index is 13.2. The zero-order valence-electron chi connectivity index (χ0n) is 15.1. The third-order valence-corrected chi connectivity index (χ3v) is 4.18. The lowest BCUT2D eigenvalue weighted by Crippen LogP contribution is -2.18. The summed E-state index contributed by atoms with van der Waals surface area (Å²) in [5.74, 6) is 0.334. The molecule has 4 nitrogen and oxygen atoms in total. The van der Waals surface area contributed by atoms with Crippen LogP contribution in [0.25, 0.3) is 0 Å². The zero-order chi connectivity index (χ0) is 20.1. The fourth-order valence-electron chi connectivity index (χ4n) is 2.58.